The molecule has 2 atom stereocenters. The van der Waals surface area contributed by atoms with Gasteiger partial charge in [0, 0.05) is 5.92 Å². The van der Waals surface area contributed by atoms with Gasteiger partial charge in [0.2, 0.25) is 5.91 Å². The molecular formula is C14H18F3N3O. The second-order valence-electron chi connectivity index (χ2n) is 5.45. The summed E-state index contributed by atoms with van der Waals surface area (Å²) in [5.41, 5.74) is 6.81. The highest BCUT2D eigenvalue weighted by Crippen LogP contribution is 2.41. The van der Waals surface area contributed by atoms with Gasteiger partial charge in [-0.05, 0) is 31.4 Å². The van der Waals surface area contributed by atoms with Crippen LogP contribution in [0.2, 0.25) is 0 Å². The fourth-order valence-corrected chi connectivity index (χ4v) is 2.69. The topological polar surface area (TPSA) is 68.0 Å². The number of carbonyl (C=O) groups excluding carboxylic acids is 1. The summed E-state index contributed by atoms with van der Waals surface area (Å²) in [6, 6.07) is 1.55. The number of hydrogen-bond donors (Lipinski definition) is 2. The van der Waals surface area contributed by atoms with Gasteiger partial charge in [-0.25, -0.2) is 4.98 Å². The molecule has 21 heavy (non-hydrogen) atoms. The summed E-state index contributed by atoms with van der Waals surface area (Å²) in [6.07, 6.45) is -1.55. The monoisotopic (exact) mass is 301 g/mol. The largest absolute Gasteiger partial charge is 0.397 e. The average Bonchev–Trinajstić information content (AvgIpc) is 2.42. The molecule has 1 aliphatic carbocycles. The number of nitrogens with zero attached hydrogens (tertiary/aromatic N) is 1. The standard InChI is InChI=1S/C14H18F3N3O/c1-8-6-12(19-7-11(8)18)20-13(21)9-4-2-3-5-10(9)14(15,16)17/h6-7,9-10H,2-5,18H2,1H3,(H,19,20,21). The first-order valence-corrected chi connectivity index (χ1v) is 6.88. The molecule has 1 aliphatic rings. The maximum Gasteiger partial charge on any atom is 0.392 e. The fraction of sp³-hybridized carbons (Fsp3) is 0.571. The molecule has 0 aromatic carbocycles. The lowest BCUT2D eigenvalue weighted by Crippen LogP contribution is -2.39. The maximum absolute atomic E-state index is 13.0. The van der Waals surface area contributed by atoms with Crippen molar-refractivity contribution in [2.24, 2.45) is 11.8 Å². The number of pyridine rings is 1. The Hall–Kier alpha value is -1.79. The van der Waals surface area contributed by atoms with E-state index in [9.17, 15) is 18.0 Å². The van der Waals surface area contributed by atoms with E-state index in [2.05, 4.69) is 10.3 Å². The number of nitrogens with one attached hydrogen (secondary N) is 1. The van der Waals surface area contributed by atoms with Crippen LogP contribution in [0.3, 0.4) is 0 Å². The van der Waals surface area contributed by atoms with Crippen LogP contribution in [0, 0.1) is 18.8 Å². The van der Waals surface area contributed by atoms with Gasteiger partial charge in [0.15, 0.2) is 0 Å². The van der Waals surface area contributed by atoms with E-state index in [4.69, 9.17) is 5.73 Å². The quantitative estimate of drug-likeness (QED) is 0.881. The number of nitrogens with two attached hydrogens (primary N) is 1. The molecule has 1 amide bonds. The Labute approximate surface area is 120 Å². The van der Waals surface area contributed by atoms with Crippen molar-refractivity contribution in [3.05, 3.63) is 17.8 Å². The lowest BCUT2D eigenvalue weighted by atomic mass is 9.78. The number of amides is 1. The van der Waals surface area contributed by atoms with Crippen molar-refractivity contribution < 1.29 is 18.0 Å². The Kier molecular flexibility index (Phi) is 4.39. The molecular weight excluding hydrogens is 283 g/mol. The molecule has 1 fully saturated rings. The van der Waals surface area contributed by atoms with E-state index in [1.165, 1.54) is 6.20 Å². The van der Waals surface area contributed by atoms with E-state index in [1.807, 2.05) is 0 Å². The zero-order valence-corrected chi connectivity index (χ0v) is 11.7. The Balaban J connectivity index is 2.12. The van der Waals surface area contributed by atoms with Crippen LogP contribution < -0.4 is 11.1 Å². The molecule has 0 radical (unpaired) electrons. The fourth-order valence-electron chi connectivity index (χ4n) is 2.69. The van der Waals surface area contributed by atoms with Crippen molar-refractivity contribution in [1.29, 1.82) is 0 Å². The van der Waals surface area contributed by atoms with Gasteiger partial charge >= 0.3 is 6.18 Å². The number of rotatable bonds is 2. The van der Waals surface area contributed by atoms with Crippen LogP contribution in [0.4, 0.5) is 24.7 Å². The second kappa shape index (κ2) is 5.91. The molecule has 0 spiro atoms. The van der Waals surface area contributed by atoms with Crippen LogP contribution >= 0.6 is 0 Å². The van der Waals surface area contributed by atoms with Crippen molar-refractivity contribution in [2.45, 2.75) is 38.8 Å². The number of aromatic nitrogens is 1. The Bertz CT molecular complexity index is 531. The number of hydrogen-bond acceptors (Lipinski definition) is 3. The normalized spacial score (nSPS) is 22.9. The van der Waals surface area contributed by atoms with E-state index in [0.29, 0.717) is 18.5 Å². The minimum atomic E-state index is -4.34. The number of anilines is 2. The Morgan fingerprint density at radius 3 is 2.67 bits per heavy atom. The molecule has 2 rings (SSSR count). The Morgan fingerprint density at radius 1 is 1.38 bits per heavy atom. The van der Waals surface area contributed by atoms with Gasteiger partial charge in [0.25, 0.3) is 0 Å². The summed E-state index contributed by atoms with van der Waals surface area (Å²) in [5.74, 6) is -2.99. The van der Waals surface area contributed by atoms with Crippen LogP contribution in [0.1, 0.15) is 31.2 Å². The van der Waals surface area contributed by atoms with E-state index in [-0.39, 0.29) is 18.7 Å². The molecule has 0 aliphatic heterocycles. The van der Waals surface area contributed by atoms with Crippen LogP contribution in [0.5, 0.6) is 0 Å². The SMILES string of the molecule is Cc1cc(NC(=O)C2CCCCC2C(F)(F)F)ncc1N. The molecule has 0 saturated heterocycles. The Morgan fingerprint density at radius 2 is 2.05 bits per heavy atom. The summed E-state index contributed by atoms with van der Waals surface area (Å²) in [7, 11) is 0. The van der Waals surface area contributed by atoms with Gasteiger partial charge < -0.3 is 11.1 Å². The molecule has 0 bridgehead atoms. The third-order valence-corrected chi connectivity index (χ3v) is 3.93. The molecule has 116 valence electrons. The second-order valence-corrected chi connectivity index (χ2v) is 5.45. The van der Waals surface area contributed by atoms with Crippen molar-refractivity contribution in [1.82, 2.24) is 4.98 Å². The van der Waals surface area contributed by atoms with Crippen LogP contribution in [-0.2, 0) is 4.79 Å². The molecule has 7 heteroatoms. The molecule has 2 unspecified atom stereocenters. The van der Waals surface area contributed by atoms with Gasteiger partial charge in [-0.2, -0.15) is 13.2 Å². The predicted octanol–water partition coefficient (Wildman–Crippen LogP) is 3.28. The summed E-state index contributed by atoms with van der Waals surface area (Å²) in [5, 5.41) is 2.48. The first-order chi connectivity index (χ1) is 9.79. The van der Waals surface area contributed by atoms with E-state index in [1.54, 1.807) is 13.0 Å². The molecule has 1 aromatic rings. The van der Waals surface area contributed by atoms with Gasteiger partial charge in [-0.3, -0.25) is 4.79 Å². The van der Waals surface area contributed by atoms with E-state index < -0.39 is 23.9 Å². The third kappa shape index (κ3) is 3.65. The summed E-state index contributed by atoms with van der Waals surface area (Å²) >= 11 is 0. The van der Waals surface area contributed by atoms with Crippen molar-refractivity contribution in [2.75, 3.05) is 11.1 Å². The summed E-state index contributed by atoms with van der Waals surface area (Å²) in [4.78, 5) is 16.1. The molecule has 1 saturated carbocycles. The summed E-state index contributed by atoms with van der Waals surface area (Å²) in [6.45, 7) is 1.74. The third-order valence-electron chi connectivity index (χ3n) is 3.93. The summed E-state index contributed by atoms with van der Waals surface area (Å²) < 4.78 is 39.0. The number of nitrogen functional groups attached to an aromatic ring is 1. The molecule has 4 nitrogen and oxygen atoms in total. The van der Waals surface area contributed by atoms with Crippen molar-refractivity contribution in [3.63, 3.8) is 0 Å². The first kappa shape index (κ1) is 15.6. The zero-order chi connectivity index (χ0) is 15.6. The van der Waals surface area contributed by atoms with Crippen molar-refractivity contribution >= 4 is 17.4 Å². The minimum Gasteiger partial charge on any atom is -0.397 e. The number of halogens is 3. The lowest BCUT2D eigenvalue weighted by molar-refractivity contribution is -0.197. The molecule has 1 heterocycles. The smallest absolute Gasteiger partial charge is 0.392 e. The number of carbonyl (C=O) groups is 1. The van der Waals surface area contributed by atoms with Crippen LogP contribution in [0.25, 0.3) is 0 Å². The highest BCUT2D eigenvalue weighted by Gasteiger charge is 2.48. The highest BCUT2D eigenvalue weighted by atomic mass is 19.4. The van der Waals surface area contributed by atoms with Crippen LogP contribution in [0.15, 0.2) is 12.3 Å². The van der Waals surface area contributed by atoms with E-state index in [0.717, 1.165) is 5.56 Å². The minimum absolute atomic E-state index is 0.00970. The van der Waals surface area contributed by atoms with Crippen molar-refractivity contribution in [3.8, 4) is 0 Å². The molecule has 3 N–H and O–H groups in total. The first-order valence-electron chi connectivity index (χ1n) is 6.88. The lowest BCUT2D eigenvalue weighted by Gasteiger charge is -2.31. The van der Waals surface area contributed by atoms with E-state index >= 15 is 0 Å². The van der Waals surface area contributed by atoms with Crippen LogP contribution in [-0.4, -0.2) is 17.1 Å². The zero-order valence-electron chi connectivity index (χ0n) is 11.7. The number of alkyl halides is 3. The number of aryl methyl sites for hydroxylation is 1. The highest BCUT2D eigenvalue weighted by molar-refractivity contribution is 5.92. The predicted molar refractivity (Wildman–Crippen MR) is 73.5 cm³/mol. The molecule has 1 aromatic heterocycles. The van der Waals surface area contributed by atoms with Gasteiger partial charge in [0.05, 0.1) is 17.8 Å². The maximum atomic E-state index is 13.0. The average molecular weight is 301 g/mol. The van der Waals surface area contributed by atoms with Gasteiger partial charge in [-0.1, -0.05) is 12.8 Å². The van der Waals surface area contributed by atoms with Gasteiger partial charge in [0.1, 0.15) is 5.82 Å². The van der Waals surface area contributed by atoms with Gasteiger partial charge in [-0.15, -0.1) is 0 Å².